The third kappa shape index (κ3) is 1.72. The lowest BCUT2D eigenvalue weighted by atomic mass is 10.2. The van der Waals surface area contributed by atoms with Crippen LogP contribution in [0.1, 0.15) is 0 Å². The molecule has 0 unspecified atom stereocenters. The van der Waals surface area contributed by atoms with Crippen molar-refractivity contribution in [3.8, 4) is 11.5 Å². The van der Waals surface area contributed by atoms with Crippen LogP contribution in [0.2, 0.25) is 0 Å². The molecular weight excluding hydrogens is 206 g/mol. The first-order chi connectivity index (χ1) is 7.78. The lowest BCUT2D eigenvalue weighted by Crippen LogP contribution is -2.08. The van der Waals surface area contributed by atoms with Gasteiger partial charge in [-0.25, -0.2) is 10.8 Å². The first-order valence-corrected chi connectivity index (χ1v) is 4.78. The molecule has 0 saturated heterocycles. The van der Waals surface area contributed by atoms with Gasteiger partial charge in [0.25, 0.3) is 0 Å². The zero-order chi connectivity index (χ0) is 11.5. The van der Waals surface area contributed by atoms with Gasteiger partial charge in [0.2, 0.25) is 0 Å². The number of hydrogen-bond acceptors (Lipinski definition) is 5. The molecule has 0 aliphatic heterocycles. The minimum Gasteiger partial charge on any atom is -0.497 e. The topological polar surface area (TPSA) is 69.4 Å². The Morgan fingerprint density at radius 1 is 1.19 bits per heavy atom. The Bertz CT molecular complexity index is 514. The van der Waals surface area contributed by atoms with Crippen molar-refractivity contribution in [2.45, 2.75) is 0 Å². The summed E-state index contributed by atoms with van der Waals surface area (Å²) >= 11 is 0. The number of nitrogens with zero attached hydrogens (tertiary/aromatic N) is 1. The largest absolute Gasteiger partial charge is 0.497 e. The number of aromatic nitrogens is 1. The van der Waals surface area contributed by atoms with Crippen molar-refractivity contribution in [2.24, 2.45) is 5.84 Å². The van der Waals surface area contributed by atoms with E-state index in [1.165, 1.54) is 0 Å². The smallest absolute Gasteiger partial charge is 0.148 e. The van der Waals surface area contributed by atoms with Crippen molar-refractivity contribution in [1.29, 1.82) is 0 Å². The molecule has 0 amide bonds. The lowest BCUT2D eigenvalue weighted by molar-refractivity contribution is 0.397. The van der Waals surface area contributed by atoms with Gasteiger partial charge in [0.05, 0.1) is 14.2 Å². The second-order valence-corrected chi connectivity index (χ2v) is 3.24. The van der Waals surface area contributed by atoms with Crippen LogP contribution in [0, 0.1) is 0 Å². The summed E-state index contributed by atoms with van der Waals surface area (Å²) in [7, 11) is 3.21. The molecule has 0 spiro atoms. The van der Waals surface area contributed by atoms with E-state index in [2.05, 4.69) is 10.4 Å². The zero-order valence-corrected chi connectivity index (χ0v) is 9.15. The van der Waals surface area contributed by atoms with E-state index < -0.39 is 0 Å². The summed E-state index contributed by atoms with van der Waals surface area (Å²) in [5.74, 6) is 7.30. The molecule has 0 radical (unpaired) electrons. The summed E-state index contributed by atoms with van der Waals surface area (Å²) in [5.41, 5.74) is 3.25. The predicted octanol–water partition coefficient (Wildman–Crippen LogP) is 1.54. The monoisotopic (exact) mass is 219 g/mol. The number of ether oxygens (including phenoxy) is 2. The SMILES string of the molecule is COc1cc(OC)c2nc(NN)ccc2c1. The third-order valence-electron chi connectivity index (χ3n) is 2.33. The number of fused-ring (bicyclic) bond motifs is 1. The van der Waals surface area contributed by atoms with Gasteiger partial charge >= 0.3 is 0 Å². The summed E-state index contributed by atoms with van der Waals surface area (Å²) in [4.78, 5) is 4.32. The van der Waals surface area contributed by atoms with E-state index in [-0.39, 0.29) is 0 Å². The van der Waals surface area contributed by atoms with Crippen LogP contribution in [0.25, 0.3) is 10.9 Å². The third-order valence-corrected chi connectivity index (χ3v) is 2.33. The predicted molar refractivity (Wildman–Crippen MR) is 62.7 cm³/mol. The highest BCUT2D eigenvalue weighted by Gasteiger charge is 2.07. The van der Waals surface area contributed by atoms with Crippen molar-refractivity contribution in [3.63, 3.8) is 0 Å². The van der Waals surface area contributed by atoms with Crippen LogP contribution in [0.4, 0.5) is 5.82 Å². The van der Waals surface area contributed by atoms with Crippen LogP contribution in [0.5, 0.6) is 11.5 Å². The molecule has 2 rings (SSSR count). The van der Waals surface area contributed by atoms with Gasteiger partial charge in [0.15, 0.2) is 0 Å². The number of nitrogens with one attached hydrogen (secondary N) is 1. The van der Waals surface area contributed by atoms with Crippen molar-refractivity contribution < 1.29 is 9.47 Å². The number of nitrogens with two attached hydrogens (primary N) is 1. The average molecular weight is 219 g/mol. The van der Waals surface area contributed by atoms with E-state index in [1.54, 1.807) is 26.4 Å². The molecule has 0 saturated carbocycles. The second kappa shape index (κ2) is 4.24. The quantitative estimate of drug-likeness (QED) is 0.605. The van der Waals surface area contributed by atoms with Gasteiger partial charge < -0.3 is 14.9 Å². The molecular formula is C11H13N3O2. The number of anilines is 1. The minimum absolute atomic E-state index is 0.593. The van der Waals surface area contributed by atoms with Gasteiger partial charge in [0, 0.05) is 11.5 Å². The van der Waals surface area contributed by atoms with Crippen LogP contribution >= 0.6 is 0 Å². The van der Waals surface area contributed by atoms with E-state index in [1.807, 2.05) is 12.1 Å². The van der Waals surface area contributed by atoms with Gasteiger partial charge in [-0.1, -0.05) is 0 Å². The maximum Gasteiger partial charge on any atom is 0.148 e. The van der Waals surface area contributed by atoms with Crippen molar-refractivity contribution in [3.05, 3.63) is 24.3 Å². The van der Waals surface area contributed by atoms with E-state index >= 15 is 0 Å². The molecule has 0 atom stereocenters. The summed E-state index contributed by atoms with van der Waals surface area (Å²) < 4.78 is 10.4. The summed E-state index contributed by atoms with van der Waals surface area (Å²) in [5, 5.41) is 0.940. The molecule has 5 heteroatoms. The van der Waals surface area contributed by atoms with Crippen LogP contribution in [0.3, 0.4) is 0 Å². The van der Waals surface area contributed by atoms with Crippen LogP contribution in [-0.2, 0) is 0 Å². The number of rotatable bonds is 3. The molecule has 16 heavy (non-hydrogen) atoms. The van der Waals surface area contributed by atoms with E-state index in [9.17, 15) is 0 Å². The van der Waals surface area contributed by atoms with Gasteiger partial charge in [0.1, 0.15) is 22.8 Å². The molecule has 2 aromatic rings. The normalized spacial score (nSPS) is 10.2. The Balaban J connectivity index is 2.69. The van der Waals surface area contributed by atoms with Gasteiger partial charge in [-0.15, -0.1) is 0 Å². The molecule has 0 aliphatic carbocycles. The Morgan fingerprint density at radius 3 is 2.62 bits per heavy atom. The first kappa shape index (κ1) is 10.5. The summed E-state index contributed by atoms with van der Waals surface area (Å²) in [6.45, 7) is 0. The van der Waals surface area contributed by atoms with E-state index in [0.29, 0.717) is 11.6 Å². The first-order valence-electron chi connectivity index (χ1n) is 4.78. The van der Waals surface area contributed by atoms with Crippen LogP contribution in [0.15, 0.2) is 24.3 Å². The fourth-order valence-corrected chi connectivity index (χ4v) is 1.53. The Morgan fingerprint density at radius 2 is 2.00 bits per heavy atom. The Hall–Kier alpha value is -2.01. The highest BCUT2D eigenvalue weighted by Crippen LogP contribution is 2.30. The van der Waals surface area contributed by atoms with E-state index in [4.69, 9.17) is 15.3 Å². The molecule has 84 valence electrons. The molecule has 5 nitrogen and oxygen atoms in total. The average Bonchev–Trinajstić information content (AvgIpc) is 2.36. The number of benzene rings is 1. The van der Waals surface area contributed by atoms with E-state index in [0.717, 1.165) is 16.7 Å². The molecule has 1 aromatic heterocycles. The number of methoxy groups -OCH3 is 2. The van der Waals surface area contributed by atoms with Crippen LogP contribution < -0.4 is 20.7 Å². The highest BCUT2D eigenvalue weighted by molar-refractivity contribution is 5.87. The maximum absolute atomic E-state index is 5.31. The molecule has 3 N–H and O–H groups in total. The fraction of sp³-hybridized carbons (Fsp3) is 0.182. The van der Waals surface area contributed by atoms with Crippen molar-refractivity contribution in [1.82, 2.24) is 4.98 Å². The Kier molecular flexibility index (Phi) is 2.78. The number of hydrazine groups is 1. The number of nitrogen functional groups attached to an aromatic ring is 1. The minimum atomic E-state index is 0.593. The second-order valence-electron chi connectivity index (χ2n) is 3.24. The number of hydrogen-bond donors (Lipinski definition) is 2. The van der Waals surface area contributed by atoms with Gasteiger partial charge in [-0.2, -0.15) is 0 Å². The molecule has 0 aliphatic rings. The zero-order valence-electron chi connectivity index (χ0n) is 9.15. The molecule has 0 fully saturated rings. The van der Waals surface area contributed by atoms with Gasteiger partial charge in [-0.3, -0.25) is 0 Å². The van der Waals surface area contributed by atoms with Crippen molar-refractivity contribution in [2.75, 3.05) is 19.6 Å². The molecule has 1 heterocycles. The summed E-state index contributed by atoms with van der Waals surface area (Å²) in [6, 6.07) is 7.38. The van der Waals surface area contributed by atoms with Crippen molar-refractivity contribution >= 4 is 16.7 Å². The van der Waals surface area contributed by atoms with Gasteiger partial charge in [-0.05, 0) is 18.2 Å². The molecule has 0 bridgehead atoms. The summed E-state index contributed by atoms with van der Waals surface area (Å²) in [6.07, 6.45) is 0. The number of pyridine rings is 1. The standard InChI is InChI=1S/C11H13N3O2/c1-15-8-5-7-3-4-10(14-12)13-11(7)9(6-8)16-2/h3-6H,12H2,1-2H3,(H,13,14). The lowest BCUT2D eigenvalue weighted by Gasteiger charge is -2.09. The highest BCUT2D eigenvalue weighted by atomic mass is 16.5. The van der Waals surface area contributed by atoms with Crippen LogP contribution in [-0.4, -0.2) is 19.2 Å². The Labute approximate surface area is 93.1 Å². The maximum atomic E-state index is 5.31. The fourth-order valence-electron chi connectivity index (χ4n) is 1.53. The molecule has 1 aromatic carbocycles.